The van der Waals surface area contributed by atoms with E-state index in [9.17, 15) is 4.79 Å². The van der Waals surface area contributed by atoms with Crippen LogP contribution < -0.4 is 25.3 Å². The molecule has 0 spiro atoms. The average Bonchev–Trinajstić information content (AvgIpc) is 2.59. The predicted octanol–water partition coefficient (Wildman–Crippen LogP) is 1.74. The lowest BCUT2D eigenvalue weighted by Gasteiger charge is -2.18. The Morgan fingerprint density at radius 1 is 1.17 bits per heavy atom. The van der Waals surface area contributed by atoms with Crippen molar-refractivity contribution in [3.8, 4) is 17.2 Å². The van der Waals surface area contributed by atoms with Gasteiger partial charge in [-0.15, -0.1) is 0 Å². The van der Waals surface area contributed by atoms with Crippen molar-refractivity contribution >= 4 is 5.91 Å². The van der Waals surface area contributed by atoms with Gasteiger partial charge in [-0.05, 0) is 18.4 Å². The topological polar surface area (TPSA) is 82.8 Å². The van der Waals surface area contributed by atoms with Crippen LogP contribution in [0.5, 0.6) is 17.2 Å². The van der Waals surface area contributed by atoms with Gasteiger partial charge in [0, 0.05) is 12.1 Å². The van der Waals surface area contributed by atoms with Crippen LogP contribution in [0.1, 0.15) is 25.8 Å². The van der Waals surface area contributed by atoms with E-state index in [4.69, 9.17) is 19.9 Å². The van der Waals surface area contributed by atoms with E-state index < -0.39 is 6.04 Å². The lowest BCUT2D eigenvalue weighted by Crippen LogP contribution is -2.45. The number of nitrogens with one attached hydrogen (secondary N) is 1. The van der Waals surface area contributed by atoms with E-state index in [2.05, 4.69) is 5.32 Å². The minimum atomic E-state index is -0.479. The van der Waals surface area contributed by atoms with Crippen LogP contribution in [0.4, 0.5) is 0 Å². The molecule has 6 nitrogen and oxygen atoms in total. The number of hydrogen-bond donors (Lipinski definition) is 2. The molecule has 1 rings (SSSR count). The summed E-state index contributed by atoms with van der Waals surface area (Å²) >= 11 is 0. The average molecular weight is 324 g/mol. The molecule has 1 aromatic rings. The number of carbonyl (C=O) groups excluding carboxylic acids is 1. The smallest absolute Gasteiger partial charge is 0.237 e. The maximum Gasteiger partial charge on any atom is 0.237 e. The van der Waals surface area contributed by atoms with Gasteiger partial charge in [0.1, 0.15) is 0 Å². The lowest BCUT2D eigenvalue weighted by atomic mass is 9.99. The van der Waals surface area contributed by atoms with Crippen LogP contribution in [-0.4, -0.2) is 39.8 Å². The molecule has 6 heteroatoms. The van der Waals surface area contributed by atoms with Gasteiger partial charge < -0.3 is 25.3 Å². The molecular weight excluding hydrogens is 296 g/mol. The van der Waals surface area contributed by atoms with E-state index in [1.165, 1.54) is 0 Å². The fourth-order valence-corrected chi connectivity index (χ4v) is 2.31. The summed E-state index contributed by atoms with van der Waals surface area (Å²) in [7, 11) is 4.72. The minimum absolute atomic E-state index is 0.126. The Bertz CT molecular complexity index is 520. The second-order valence-electron chi connectivity index (χ2n) is 5.45. The summed E-state index contributed by atoms with van der Waals surface area (Å²) < 4.78 is 16.0. The molecule has 0 bridgehead atoms. The van der Waals surface area contributed by atoms with Gasteiger partial charge in [-0.1, -0.05) is 26.3 Å². The Morgan fingerprint density at radius 3 is 2.35 bits per heavy atom. The van der Waals surface area contributed by atoms with E-state index in [1.807, 2.05) is 26.0 Å². The van der Waals surface area contributed by atoms with Crippen molar-refractivity contribution in [3.05, 3.63) is 17.7 Å². The van der Waals surface area contributed by atoms with Crippen LogP contribution in [0, 0.1) is 5.92 Å². The molecule has 2 atom stereocenters. The molecule has 0 aliphatic rings. The van der Waals surface area contributed by atoms with Gasteiger partial charge in [0.15, 0.2) is 11.5 Å². The zero-order valence-electron chi connectivity index (χ0n) is 14.6. The molecule has 0 aliphatic heterocycles. The minimum Gasteiger partial charge on any atom is -0.493 e. The summed E-state index contributed by atoms with van der Waals surface area (Å²) in [6, 6.07) is 3.25. The molecule has 3 N–H and O–H groups in total. The number of ether oxygens (including phenoxy) is 3. The highest BCUT2D eigenvalue weighted by molar-refractivity contribution is 5.81. The predicted molar refractivity (Wildman–Crippen MR) is 90.2 cm³/mol. The number of benzene rings is 1. The van der Waals surface area contributed by atoms with Crippen molar-refractivity contribution in [2.75, 3.05) is 27.9 Å². The number of rotatable bonds is 9. The van der Waals surface area contributed by atoms with Crippen molar-refractivity contribution in [3.63, 3.8) is 0 Å². The maximum atomic E-state index is 12.0. The number of hydrogen-bond acceptors (Lipinski definition) is 5. The highest BCUT2D eigenvalue weighted by atomic mass is 16.5. The zero-order chi connectivity index (χ0) is 17.4. The molecular formula is C17H28N2O4. The highest BCUT2D eigenvalue weighted by Crippen LogP contribution is 2.39. The summed E-state index contributed by atoms with van der Waals surface area (Å²) in [6.45, 7) is 4.47. The third kappa shape index (κ3) is 4.76. The Kier molecular flexibility index (Phi) is 7.68. The SMILES string of the molecule is CCC(C)C(N)C(=O)NCCc1ccc(OC)c(OC)c1OC. The molecule has 0 fully saturated rings. The first-order valence-corrected chi connectivity index (χ1v) is 7.81. The molecule has 0 saturated carbocycles. The molecule has 0 radical (unpaired) electrons. The summed E-state index contributed by atoms with van der Waals surface area (Å²) in [6.07, 6.45) is 1.49. The Labute approximate surface area is 138 Å². The number of nitrogens with two attached hydrogens (primary N) is 1. The number of methoxy groups -OCH3 is 3. The molecule has 0 saturated heterocycles. The van der Waals surface area contributed by atoms with Gasteiger partial charge in [0.2, 0.25) is 11.7 Å². The highest BCUT2D eigenvalue weighted by Gasteiger charge is 2.19. The van der Waals surface area contributed by atoms with Crippen molar-refractivity contribution in [1.29, 1.82) is 0 Å². The van der Waals surface area contributed by atoms with Gasteiger partial charge in [0.25, 0.3) is 0 Å². The number of amides is 1. The lowest BCUT2D eigenvalue weighted by molar-refractivity contribution is -0.123. The van der Waals surface area contributed by atoms with Crippen LogP contribution in [-0.2, 0) is 11.2 Å². The van der Waals surface area contributed by atoms with Crippen molar-refractivity contribution in [2.24, 2.45) is 11.7 Å². The standard InChI is InChI=1S/C17H28N2O4/c1-6-11(2)14(18)17(20)19-10-9-12-7-8-13(21-3)16(23-5)15(12)22-4/h7-8,11,14H,6,9-10,18H2,1-5H3,(H,19,20). The monoisotopic (exact) mass is 324 g/mol. The normalized spacial score (nSPS) is 13.1. The summed E-state index contributed by atoms with van der Waals surface area (Å²) in [4.78, 5) is 12.0. The van der Waals surface area contributed by atoms with Crippen molar-refractivity contribution in [2.45, 2.75) is 32.7 Å². The molecule has 1 aromatic carbocycles. The van der Waals surface area contributed by atoms with Crippen LogP contribution in [0.15, 0.2) is 12.1 Å². The van der Waals surface area contributed by atoms with E-state index >= 15 is 0 Å². The third-order valence-corrected chi connectivity index (χ3v) is 4.04. The van der Waals surface area contributed by atoms with Crippen molar-refractivity contribution in [1.82, 2.24) is 5.32 Å². The molecule has 0 aliphatic carbocycles. The molecule has 0 heterocycles. The largest absolute Gasteiger partial charge is 0.493 e. The van der Waals surface area contributed by atoms with Crippen LogP contribution in [0.3, 0.4) is 0 Å². The molecule has 130 valence electrons. The molecule has 0 aromatic heterocycles. The van der Waals surface area contributed by atoms with Gasteiger partial charge in [-0.2, -0.15) is 0 Å². The summed E-state index contributed by atoms with van der Waals surface area (Å²) in [5, 5.41) is 2.87. The van der Waals surface area contributed by atoms with E-state index in [0.717, 1.165) is 12.0 Å². The first-order chi connectivity index (χ1) is 11.0. The first kappa shape index (κ1) is 19.1. The van der Waals surface area contributed by atoms with E-state index in [-0.39, 0.29) is 11.8 Å². The second kappa shape index (κ2) is 9.25. The van der Waals surface area contributed by atoms with Crippen molar-refractivity contribution < 1.29 is 19.0 Å². The van der Waals surface area contributed by atoms with Gasteiger partial charge in [0.05, 0.1) is 27.4 Å². The summed E-state index contributed by atoms with van der Waals surface area (Å²) in [5.74, 6) is 1.81. The fraction of sp³-hybridized carbons (Fsp3) is 0.588. The fourth-order valence-electron chi connectivity index (χ4n) is 2.31. The third-order valence-electron chi connectivity index (χ3n) is 4.04. The second-order valence-corrected chi connectivity index (χ2v) is 5.45. The van der Waals surface area contributed by atoms with Gasteiger partial charge >= 0.3 is 0 Å². The van der Waals surface area contributed by atoms with E-state index in [0.29, 0.717) is 30.2 Å². The Morgan fingerprint density at radius 2 is 1.83 bits per heavy atom. The Balaban J connectivity index is 2.73. The van der Waals surface area contributed by atoms with Crippen LogP contribution >= 0.6 is 0 Å². The summed E-state index contributed by atoms with van der Waals surface area (Å²) in [5.41, 5.74) is 6.85. The molecule has 23 heavy (non-hydrogen) atoms. The van der Waals surface area contributed by atoms with Crippen LogP contribution in [0.2, 0.25) is 0 Å². The van der Waals surface area contributed by atoms with Crippen LogP contribution in [0.25, 0.3) is 0 Å². The van der Waals surface area contributed by atoms with E-state index in [1.54, 1.807) is 21.3 Å². The van der Waals surface area contributed by atoms with Gasteiger partial charge in [-0.25, -0.2) is 0 Å². The maximum absolute atomic E-state index is 12.0. The quantitative estimate of drug-likeness (QED) is 0.723. The molecule has 1 amide bonds. The Hall–Kier alpha value is -1.95. The van der Waals surface area contributed by atoms with Gasteiger partial charge in [-0.3, -0.25) is 4.79 Å². The first-order valence-electron chi connectivity index (χ1n) is 7.81. The number of carbonyl (C=O) groups is 1. The zero-order valence-corrected chi connectivity index (χ0v) is 14.6. The molecule has 2 unspecified atom stereocenters.